The van der Waals surface area contributed by atoms with Crippen molar-refractivity contribution in [1.82, 2.24) is 5.32 Å². The van der Waals surface area contributed by atoms with Gasteiger partial charge in [0.2, 0.25) is 0 Å². The van der Waals surface area contributed by atoms with Gasteiger partial charge in [0.1, 0.15) is 0 Å². The summed E-state index contributed by atoms with van der Waals surface area (Å²) in [4.78, 5) is 0. The zero-order valence-electron chi connectivity index (χ0n) is 4.52. The molecule has 7 heavy (non-hydrogen) atoms. The van der Waals surface area contributed by atoms with Gasteiger partial charge in [0.25, 0.3) is 0 Å². The van der Waals surface area contributed by atoms with E-state index in [0.29, 0.717) is 5.92 Å². The van der Waals surface area contributed by atoms with E-state index in [1.165, 1.54) is 0 Å². The Balaban J connectivity index is 2.33. The van der Waals surface area contributed by atoms with Gasteiger partial charge in [-0.3, -0.25) is 0 Å². The molecule has 2 N–H and O–H groups in total. The van der Waals surface area contributed by atoms with Crippen molar-refractivity contribution in [3.63, 3.8) is 0 Å². The van der Waals surface area contributed by atoms with Gasteiger partial charge in [-0.05, 0) is 5.92 Å². The summed E-state index contributed by atoms with van der Waals surface area (Å²) in [6.45, 7) is 3.80. The van der Waals surface area contributed by atoms with Gasteiger partial charge < -0.3 is 10.4 Å². The van der Waals surface area contributed by atoms with Crippen LogP contribution in [0.1, 0.15) is 6.92 Å². The van der Waals surface area contributed by atoms with Crippen LogP contribution in [0.4, 0.5) is 0 Å². The van der Waals surface area contributed by atoms with Gasteiger partial charge in [-0.1, -0.05) is 6.92 Å². The third-order valence-corrected chi connectivity index (χ3v) is 1.48. The van der Waals surface area contributed by atoms with Gasteiger partial charge >= 0.3 is 0 Å². The van der Waals surface area contributed by atoms with Crippen molar-refractivity contribution in [2.24, 2.45) is 5.92 Å². The molecule has 0 radical (unpaired) electrons. The lowest BCUT2D eigenvalue weighted by molar-refractivity contribution is 0.156. The van der Waals surface area contributed by atoms with E-state index >= 15 is 0 Å². The molecule has 1 unspecified atom stereocenters. The fourth-order valence-electron chi connectivity index (χ4n) is 0.796. The summed E-state index contributed by atoms with van der Waals surface area (Å²) in [6, 6.07) is 0. The second-order valence-corrected chi connectivity index (χ2v) is 2.20. The molecule has 0 aliphatic carbocycles. The normalized spacial score (nSPS) is 42.0. The quantitative estimate of drug-likeness (QED) is 0.434. The molecule has 0 aromatic heterocycles. The van der Waals surface area contributed by atoms with Crippen LogP contribution in [0.3, 0.4) is 0 Å². The SMILES string of the molecule is CC1CNC[C@@H]1O. The predicted octanol–water partition coefficient (Wildman–Crippen LogP) is -0.413. The van der Waals surface area contributed by atoms with Crippen LogP contribution in [-0.4, -0.2) is 24.3 Å². The van der Waals surface area contributed by atoms with Crippen LogP contribution >= 0.6 is 0 Å². The van der Waals surface area contributed by atoms with Gasteiger partial charge in [-0.25, -0.2) is 0 Å². The average Bonchev–Trinajstić information content (AvgIpc) is 1.91. The lowest BCUT2D eigenvalue weighted by Gasteiger charge is -2.02. The molecule has 0 saturated carbocycles. The minimum absolute atomic E-state index is 0.0972. The van der Waals surface area contributed by atoms with E-state index in [1.807, 2.05) is 6.92 Å². The van der Waals surface area contributed by atoms with Gasteiger partial charge in [0.05, 0.1) is 6.10 Å². The van der Waals surface area contributed by atoms with Crippen LogP contribution in [0.15, 0.2) is 0 Å². The molecule has 1 fully saturated rings. The molecule has 1 rings (SSSR count). The molecule has 0 aromatic rings. The highest BCUT2D eigenvalue weighted by Crippen LogP contribution is 2.05. The minimum Gasteiger partial charge on any atom is -0.391 e. The molecule has 2 atom stereocenters. The molecule has 0 bridgehead atoms. The summed E-state index contributed by atoms with van der Waals surface area (Å²) in [7, 11) is 0. The summed E-state index contributed by atoms with van der Waals surface area (Å²) >= 11 is 0. The van der Waals surface area contributed by atoms with Crippen molar-refractivity contribution in [2.75, 3.05) is 13.1 Å². The third kappa shape index (κ3) is 0.924. The molecule has 1 aliphatic rings. The molecule has 0 amide bonds. The predicted molar refractivity (Wildman–Crippen MR) is 28.0 cm³/mol. The number of rotatable bonds is 0. The number of nitrogens with one attached hydrogen (secondary N) is 1. The Kier molecular flexibility index (Phi) is 1.30. The Bertz CT molecular complexity index is 57.1. The Hall–Kier alpha value is -0.0800. The molecular weight excluding hydrogens is 90.1 g/mol. The lowest BCUT2D eigenvalue weighted by atomic mass is 10.1. The molecule has 2 heteroatoms. The standard InChI is InChI=1S/C5H11NO/c1-4-2-6-3-5(4)7/h4-7H,2-3H2,1H3/t4?,5-/m0/s1. The van der Waals surface area contributed by atoms with Crippen molar-refractivity contribution in [3.8, 4) is 0 Å². The van der Waals surface area contributed by atoms with Gasteiger partial charge in [-0.15, -0.1) is 0 Å². The first-order valence-corrected chi connectivity index (χ1v) is 2.69. The smallest absolute Gasteiger partial charge is 0.0702 e. The number of aliphatic hydroxyl groups is 1. The molecule has 2 nitrogen and oxygen atoms in total. The van der Waals surface area contributed by atoms with E-state index in [-0.39, 0.29) is 6.10 Å². The zero-order chi connectivity index (χ0) is 5.28. The molecule has 1 saturated heterocycles. The monoisotopic (exact) mass is 101 g/mol. The van der Waals surface area contributed by atoms with Crippen molar-refractivity contribution in [1.29, 1.82) is 0 Å². The molecule has 1 heterocycles. The maximum Gasteiger partial charge on any atom is 0.0702 e. The van der Waals surface area contributed by atoms with E-state index < -0.39 is 0 Å². The van der Waals surface area contributed by atoms with Crippen molar-refractivity contribution >= 4 is 0 Å². The first-order chi connectivity index (χ1) is 3.30. The highest BCUT2D eigenvalue weighted by Gasteiger charge is 2.18. The Morgan fingerprint density at radius 2 is 2.29 bits per heavy atom. The summed E-state index contributed by atoms with van der Waals surface area (Å²) < 4.78 is 0. The van der Waals surface area contributed by atoms with E-state index in [9.17, 15) is 0 Å². The van der Waals surface area contributed by atoms with Crippen LogP contribution in [-0.2, 0) is 0 Å². The highest BCUT2D eigenvalue weighted by atomic mass is 16.3. The van der Waals surface area contributed by atoms with Crippen molar-refractivity contribution < 1.29 is 5.11 Å². The lowest BCUT2D eigenvalue weighted by Crippen LogP contribution is -2.14. The molecule has 42 valence electrons. The second-order valence-electron chi connectivity index (χ2n) is 2.20. The first-order valence-electron chi connectivity index (χ1n) is 2.69. The summed E-state index contributed by atoms with van der Waals surface area (Å²) in [5, 5.41) is 12.0. The summed E-state index contributed by atoms with van der Waals surface area (Å²) in [5.41, 5.74) is 0. The summed E-state index contributed by atoms with van der Waals surface area (Å²) in [6.07, 6.45) is -0.0972. The molecular formula is C5H11NO. The van der Waals surface area contributed by atoms with E-state index in [1.54, 1.807) is 0 Å². The van der Waals surface area contributed by atoms with Crippen LogP contribution < -0.4 is 5.32 Å². The molecule has 1 aliphatic heterocycles. The third-order valence-electron chi connectivity index (χ3n) is 1.48. The Labute approximate surface area is 43.5 Å². The maximum absolute atomic E-state index is 8.94. The molecule has 0 aromatic carbocycles. The Morgan fingerprint density at radius 3 is 2.43 bits per heavy atom. The fourth-order valence-corrected chi connectivity index (χ4v) is 0.796. The van der Waals surface area contributed by atoms with Crippen LogP contribution in [0, 0.1) is 5.92 Å². The zero-order valence-corrected chi connectivity index (χ0v) is 4.52. The van der Waals surface area contributed by atoms with Gasteiger partial charge in [0, 0.05) is 13.1 Å². The van der Waals surface area contributed by atoms with Crippen LogP contribution in [0.5, 0.6) is 0 Å². The fraction of sp³-hybridized carbons (Fsp3) is 1.00. The summed E-state index contributed by atoms with van der Waals surface area (Å²) in [5.74, 6) is 0.458. The topological polar surface area (TPSA) is 32.3 Å². The van der Waals surface area contributed by atoms with E-state index in [0.717, 1.165) is 13.1 Å². The van der Waals surface area contributed by atoms with Gasteiger partial charge in [0.15, 0.2) is 0 Å². The van der Waals surface area contributed by atoms with E-state index in [2.05, 4.69) is 5.32 Å². The molecule has 0 spiro atoms. The van der Waals surface area contributed by atoms with Crippen molar-refractivity contribution in [2.45, 2.75) is 13.0 Å². The number of hydrogen-bond acceptors (Lipinski definition) is 2. The van der Waals surface area contributed by atoms with E-state index in [4.69, 9.17) is 5.11 Å². The number of hydrogen-bond donors (Lipinski definition) is 2. The minimum atomic E-state index is -0.0972. The average molecular weight is 101 g/mol. The number of aliphatic hydroxyl groups excluding tert-OH is 1. The Morgan fingerprint density at radius 1 is 1.57 bits per heavy atom. The van der Waals surface area contributed by atoms with Crippen molar-refractivity contribution in [3.05, 3.63) is 0 Å². The largest absolute Gasteiger partial charge is 0.391 e. The van der Waals surface area contributed by atoms with Gasteiger partial charge in [-0.2, -0.15) is 0 Å². The van der Waals surface area contributed by atoms with Crippen LogP contribution in [0.2, 0.25) is 0 Å². The highest BCUT2D eigenvalue weighted by molar-refractivity contribution is 4.75. The van der Waals surface area contributed by atoms with Crippen LogP contribution in [0.25, 0.3) is 0 Å². The second kappa shape index (κ2) is 1.80. The maximum atomic E-state index is 8.94. The first kappa shape index (κ1) is 5.06. The number of β-amino-alcohol motifs (C(OH)–C–C–N with tert-alkyl or cyclic N) is 1.